The second kappa shape index (κ2) is 15.0. The van der Waals surface area contributed by atoms with Crippen LogP contribution in [0.2, 0.25) is 0 Å². The summed E-state index contributed by atoms with van der Waals surface area (Å²) < 4.78 is 6.45. The van der Waals surface area contributed by atoms with Crippen molar-refractivity contribution in [3.63, 3.8) is 0 Å². The first-order valence-electron chi connectivity index (χ1n) is 13.2. The van der Waals surface area contributed by atoms with E-state index in [0.29, 0.717) is 11.1 Å². The predicted octanol–water partition coefficient (Wildman–Crippen LogP) is 6.46. The topological polar surface area (TPSA) is 46.5 Å². The minimum Gasteiger partial charge on any atom is -0.457 e. The van der Waals surface area contributed by atoms with E-state index in [1.54, 1.807) is 24.3 Å². The smallest absolute Gasteiger partial charge is 0.347 e. The molecule has 0 amide bonds. The molecular weight excluding hydrogens is 422 g/mol. The number of likely N-dealkylation sites (N-methyl/N-ethyl adjacent to an activating group) is 1. The third-order valence-electron chi connectivity index (χ3n) is 6.73. The van der Waals surface area contributed by atoms with Crippen LogP contribution in [0.1, 0.15) is 82.3 Å². The molecule has 0 aliphatic heterocycles. The van der Waals surface area contributed by atoms with Crippen molar-refractivity contribution < 1.29 is 19.1 Å². The highest BCUT2D eigenvalue weighted by Gasteiger charge is 2.41. The van der Waals surface area contributed by atoms with Crippen LogP contribution in [-0.4, -0.2) is 49.4 Å². The summed E-state index contributed by atoms with van der Waals surface area (Å²) in [4.78, 5) is 13.1. The van der Waals surface area contributed by atoms with Crippen molar-refractivity contribution in [1.29, 1.82) is 0 Å². The van der Waals surface area contributed by atoms with Crippen molar-refractivity contribution in [2.45, 2.75) is 76.7 Å². The van der Waals surface area contributed by atoms with Gasteiger partial charge in [0.25, 0.3) is 0 Å². The summed E-state index contributed by atoms with van der Waals surface area (Å²) in [6.45, 7) is 4.34. The van der Waals surface area contributed by atoms with E-state index in [1.807, 2.05) is 36.4 Å². The number of esters is 1. The molecule has 188 valence electrons. The Hall–Kier alpha value is -2.17. The van der Waals surface area contributed by atoms with E-state index in [1.165, 1.54) is 64.2 Å². The van der Waals surface area contributed by atoms with Crippen molar-refractivity contribution in [3.05, 3.63) is 71.8 Å². The molecule has 0 heterocycles. The van der Waals surface area contributed by atoms with Crippen LogP contribution in [0.3, 0.4) is 0 Å². The molecule has 34 heavy (non-hydrogen) atoms. The van der Waals surface area contributed by atoms with Gasteiger partial charge in [0.1, 0.15) is 13.2 Å². The summed E-state index contributed by atoms with van der Waals surface area (Å²) in [6.07, 6.45) is 13.3. The molecule has 0 aliphatic carbocycles. The number of hydrogen-bond acceptors (Lipinski definition) is 3. The largest absolute Gasteiger partial charge is 0.457 e. The van der Waals surface area contributed by atoms with Gasteiger partial charge in [-0.1, -0.05) is 119 Å². The van der Waals surface area contributed by atoms with Gasteiger partial charge in [-0.2, -0.15) is 0 Å². The second-order valence-electron chi connectivity index (χ2n) is 10.1. The maximum absolute atomic E-state index is 13.1. The summed E-state index contributed by atoms with van der Waals surface area (Å²) in [5.74, 6) is -0.621. The Morgan fingerprint density at radius 2 is 1.18 bits per heavy atom. The van der Waals surface area contributed by atoms with Gasteiger partial charge >= 0.3 is 5.97 Å². The molecule has 0 radical (unpaired) electrons. The molecule has 2 rings (SSSR count). The third kappa shape index (κ3) is 9.23. The average Bonchev–Trinajstić information content (AvgIpc) is 2.85. The maximum Gasteiger partial charge on any atom is 0.347 e. The van der Waals surface area contributed by atoms with Crippen molar-refractivity contribution in [3.8, 4) is 0 Å². The van der Waals surface area contributed by atoms with Crippen molar-refractivity contribution >= 4 is 5.97 Å². The molecule has 0 saturated heterocycles. The van der Waals surface area contributed by atoms with Gasteiger partial charge in [-0.05, 0) is 24.0 Å². The lowest BCUT2D eigenvalue weighted by molar-refractivity contribution is -0.890. The number of quaternary nitrogens is 1. The van der Waals surface area contributed by atoms with Gasteiger partial charge in [-0.3, -0.25) is 0 Å². The molecule has 2 aromatic rings. The Labute approximate surface area is 207 Å². The number of benzene rings is 2. The number of unbranched alkanes of at least 4 members (excludes halogenated alkanes) is 9. The van der Waals surface area contributed by atoms with Crippen LogP contribution in [-0.2, 0) is 15.1 Å². The number of ether oxygens (including phenoxy) is 1. The second-order valence-corrected chi connectivity index (χ2v) is 10.1. The summed E-state index contributed by atoms with van der Waals surface area (Å²) in [7, 11) is 4.37. The Morgan fingerprint density at radius 1 is 0.735 bits per heavy atom. The molecule has 0 aromatic heterocycles. The third-order valence-corrected chi connectivity index (χ3v) is 6.73. The average molecular weight is 469 g/mol. The van der Waals surface area contributed by atoms with E-state index in [4.69, 9.17) is 4.74 Å². The van der Waals surface area contributed by atoms with Crippen LogP contribution >= 0.6 is 0 Å². The Kier molecular flexibility index (Phi) is 12.3. The van der Waals surface area contributed by atoms with Gasteiger partial charge in [0, 0.05) is 0 Å². The number of carbonyl (C=O) groups is 1. The molecule has 0 unspecified atom stereocenters. The maximum atomic E-state index is 13.1. The van der Waals surface area contributed by atoms with E-state index < -0.39 is 11.6 Å². The van der Waals surface area contributed by atoms with Crippen molar-refractivity contribution in [1.82, 2.24) is 0 Å². The van der Waals surface area contributed by atoms with Gasteiger partial charge in [0.15, 0.2) is 0 Å². The highest BCUT2D eigenvalue weighted by molar-refractivity contribution is 5.85. The minimum atomic E-state index is -1.81. The SMILES string of the molecule is CCCCCCCCCCCC[N+](C)(C)CCOC(=O)C(O)(c1ccccc1)c1ccccc1. The Balaban J connectivity index is 1.75. The summed E-state index contributed by atoms with van der Waals surface area (Å²) in [6, 6.07) is 18.1. The molecule has 4 nitrogen and oxygen atoms in total. The van der Waals surface area contributed by atoms with Crippen LogP contribution in [0.5, 0.6) is 0 Å². The first kappa shape index (κ1) is 28.1. The zero-order chi connectivity index (χ0) is 24.7. The molecule has 4 heteroatoms. The van der Waals surface area contributed by atoms with E-state index >= 15 is 0 Å². The number of hydrogen-bond donors (Lipinski definition) is 1. The number of nitrogens with zero attached hydrogens (tertiary/aromatic N) is 1. The summed E-state index contributed by atoms with van der Waals surface area (Å²) in [5.41, 5.74) is -0.772. The monoisotopic (exact) mass is 468 g/mol. The van der Waals surface area contributed by atoms with E-state index in [2.05, 4.69) is 21.0 Å². The fourth-order valence-corrected chi connectivity index (χ4v) is 4.39. The molecule has 0 aliphatic rings. The number of carbonyl (C=O) groups excluding carboxylic acids is 1. The lowest BCUT2D eigenvalue weighted by atomic mass is 9.86. The Bertz CT molecular complexity index is 765. The van der Waals surface area contributed by atoms with E-state index in [0.717, 1.165) is 17.6 Å². The number of aliphatic hydroxyl groups is 1. The normalized spacial score (nSPS) is 12.0. The number of rotatable bonds is 17. The van der Waals surface area contributed by atoms with Crippen LogP contribution in [0.15, 0.2) is 60.7 Å². The van der Waals surface area contributed by atoms with Gasteiger partial charge < -0.3 is 14.3 Å². The first-order chi connectivity index (χ1) is 16.4. The van der Waals surface area contributed by atoms with Crippen LogP contribution in [0.25, 0.3) is 0 Å². The zero-order valence-electron chi connectivity index (χ0n) is 21.7. The fraction of sp³-hybridized carbons (Fsp3) is 0.567. The highest BCUT2D eigenvalue weighted by Crippen LogP contribution is 2.31. The fourth-order valence-electron chi connectivity index (χ4n) is 4.39. The molecule has 1 N–H and O–H groups in total. The van der Waals surface area contributed by atoms with Crippen molar-refractivity contribution in [2.75, 3.05) is 33.8 Å². The lowest BCUT2D eigenvalue weighted by Gasteiger charge is -2.31. The zero-order valence-corrected chi connectivity index (χ0v) is 21.7. The predicted molar refractivity (Wildman–Crippen MR) is 141 cm³/mol. The van der Waals surface area contributed by atoms with Crippen LogP contribution in [0, 0.1) is 0 Å². The molecular formula is C30H46NO3+. The lowest BCUT2D eigenvalue weighted by Crippen LogP contribution is -2.45. The molecule has 0 atom stereocenters. The van der Waals surface area contributed by atoms with Crippen molar-refractivity contribution in [2.24, 2.45) is 0 Å². The quantitative estimate of drug-likeness (QED) is 0.165. The molecule has 0 saturated carbocycles. The molecule has 2 aromatic carbocycles. The molecule has 0 bridgehead atoms. The summed E-state index contributed by atoms with van der Waals surface area (Å²) >= 11 is 0. The standard InChI is InChI=1S/C30H46NO3/c1-4-5-6-7-8-9-10-11-12-19-24-31(2,3)25-26-34-29(32)30(33,27-20-15-13-16-21-27)28-22-17-14-18-23-28/h13-18,20-23,33H,4-12,19,24-26H2,1-3H3/q+1. The minimum absolute atomic E-state index is 0.283. The first-order valence-corrected chi connectivity index (χ1v) is 13.2. The highest BCUT2D eigenvalue weighted by atomic mass is 16.5. The van der Waals surface area contributed by atoms with Gasteiger partial charge in [-0.25, -0.2) is 4.79 Å². The van der Waals surface area contributed by atoms with E-state index in [-0.39, 0.29) is 6.61 Å². The van der Waals surface area contributed by atoms with Gasteiger partial charge in [0.2, 0.25) is 5.60 Å². The van der Waals surface area contributed by atoms with Crippen LogP contribution < -0.4 is 0 Å². The Morgan fingerprint density at radius 3 is 1.65 bits per heavy atom. The molecule has 0 fully saturated rings. The van der Waals surface area contributed by atoms with Gasteiger partial charge in [0.05, 0.1) is 20.6 Å². The van der Waals surface area contributed by atoms with Gasteiger partial charge in [-0.15, -0.1) is 0 Å². The molecule has 0 spiro atoms. The van der Waals surface area contributed by atoms with Crippen LogP contribution in [0.4, 0.5) is 0 Å². The van der Waals surface area contributed by atoms with E-state index in [9.17, 15) is 9.90 Å². The summed E-state index contributed by atoms with van der Waals surface area (Å²) in [5, 5.41) is 11.5.